The Morgan fingerprint density at radius 3 is 2.50 bits per heavy atom. The van der Waals surface area contributed by atoms with Crippen LogP contribution in [-0.4, -0.2) is 39.3 Å². The molecule has 0 bridgehead atoms. The molecular formula is C21H24N2O4S. The van der Waals surface area contributed by atoms with Gasteiger partial charge in [-0.05, 0) is 55.8 Å². The van der Waals surface area contributed by atoms with Gasteiger partial charge in [0.05, 0.1) is 24.9 Å². The molecule has 1 aliphatic heterocycles. The van der Waals surface area contributed by atoms with Gasteiger partial charge in [-0.15, -0.1) is 0 Å². The van der Waals surface area contributed by atoms with E-state index in [9.17, 15) is 13.2 Å². The van der Waals surface area contributed by atoms with Crippen LogP contribution in [0, 0.1) is 6.92 Å². The number of nitrogens with one attached hydrogen (secondary N) is 1. The maximum absolute atomic E-state index is 13.0. The van der Waals surface area contributed by atoms with Gasteiger partial charge in [0.2, 0.25) is 5.91 Å². The monoisotopic (exact) mass is 400 g/mol. The van der Waals surface area contributed by atoms with Gasteiger partial charge in [-0.1, -0.05) is 18.2 Å². The first-order valence-electron chi connectivity index (χ1n) is 9.15. The number of hydrogen-bond acceptors (Lipinski definition) is 5. The fourth-order valence-corrected chi connectivity index (χ4v) is 4.41. The molecule has 6 nitrogen and oxygen atoms in total. The van der Waals surface area contributed by atoms with E-state index >= 15 is 0 Å². The highest BCUT2D eigenvalue weighted by Crippen LogP contribution is 2.25. The SMILES string of the molecule is CCOc1ccc(N(C(=O)CNc2ccccc2C)[C@@H]2C=CS(=O)(=O)C2)cc1. The topological polar surface area (TPSA) is 75.7 Å². The normalized spacial score (nSPS) is 17.3. The van der Waals surface area contributed by atoms with Crippen molar-refractivity contribution in [1.82, 2.24) is 0 Å². The molecule has 0 unspecified atom stereocenters. The molecule has 1 atom stereocenters. The van der Waals surface area contributed by atoms with Crippen molar-refractivity contribution >= 4 is 27.1 Å². The summed E-state index contributed by atoms with van der Waals surface area (Å²) in [5.74, 6) is 0.376. The van der Waals surface area contributed by atoms with E-state index in [-0.39, 0.29) is 18.2 Å². The third kappa shape index (κ3) is 4.72. The van der Waals surface area contributed by atoms with Gasteiger partial charge in [0, 0.05) is 16.8 Å². The van der Waals surface area contributed by atoms with Crippen LogP contribution in [0.2, 0.25) is 0 Å². The predicted molar refractivity (Wildman–Crippen MR) is 111 cm³/mol. The first-order valence-corrected chi connectivity index (χ1v) is 10.9. The smallest absolute Gasteiger partial charge is 0.246 e. The van der Waals surface area contributed by atoms with Crippen LogP contribution >= 0.6 is 0 Å². The lowest BCUT2D eigenvalue weighted by Gasteiger charge is -2.28. The highest BCUT2D eigenvalue weighted by molar-refractivity contribution is 7.94. The molecular weight excluding hydrogens is 376 g/mol. The van der Waals surface area contributed by atoms with Crippen molar-refractivity contribution in [2.45, 2.75) is 19.9 Å². The van der Waals surface area contributed by atoms with Gasteiger partial charge < -0.3 is 15.0 Å². The van der Waals surface area contributed by atoms with E-state index in [2.05, 4.69) is 5.32 Å². The van der Waals surface area contributed by atoms with Crippen LogP contribution in [-0.2, 0) is 14.6 Å². The maximum atomic E-state index is 13.0. The van der Waals surface area contributed by atoms with E-state index in [0.717, 1.165) is 11.3 Å². The lowest BCUT2D eigenvalue weighted by Crippen LogP contribution is -2.44. The van der Waals surface area contributed by atoms with Crippen molar-refractivity contribution < 1.29 is 17.9 Å². The lowest BCUT2D eigenvalue weighted by molar-refractivity contribution is -0.117. The number of rotatable bonds is 7. The molecule has 2 aromatic carbocycles. The average molecular weight is 401 g/mol. The van der Waals surface area contributed by atoms with Crippen LogP contribution in [0.5, 0.6) is 5.75 Å². The molecule has 0 aromatic heterocycles. The van der Waals surface area contributed by atoms with Crippen LogP contribution < -0.4 is 15.0 Å². The third-order valence-electron chi connectivity index (χ3n) is 4.51. The molecule has 28 heavy (non-hydrogen) atoms. The van der Waals surface area contributed by atoms with Crippen LogP contribution in [0.25, 0.3) is 0 Å². The molecule has 0 aliphatic carbocycles. The number of sulfone groups is 1. The minimum atomic E-state index is -3.29. The molecule has 1 heterocycles. The number of hydrogen-bond donors (Lipinski definition) is 1. The van der Waals surface area contributed by atoms with Gasteiger partial charge in [-0.3, -0.25) is 4.79 Å². The van der Waals surface area contributed by atoms with Gasteiger partial charge >= 0.3 is 0 Å². The van der Waals surface area contributed by atoms with E-state index in [0.29, 0.717) is 18.0 Å². The molecule has 2 aromatic rings. The van der Waals surface area contributed by atoms with E-state index in [4.69, 9.17) is 4.74 Å². The Kier molecular flexibility index (Phi) is 6.04. The number of benzene rings is 2. The number of anilines is 2. The molecule has 0 radical (unpaired) electrons. The summed E-state index contributed by atoms with van der Waals surface area (Å²) in [5, 5.41) is 4.33. The summed E-state index contributed by atoms with van der Waals surface area (Å²) in [7, 11) is -3.29. The van der Waals surface area contributed by atoms with Crippen LogP contribution in [0.1, 0.15) is 12.5 Å². The van der Waals surface area contributed by atoms with Crippen molar-refractivity contribution in [1.29, 1.82) is 0 Å². The van der Waals surface area contributed by atoms with Crippen molar-refractivity contribution in [3.8, 4) is 5.75 Å². The van der Waals surface area contributed by atoms with Gasteiger partial charge in [0.25, 0.3) is 0 Å². The van der Waals surface area contributed by atoms with Gasteiger partial charge in [-0.2, -0.15) is 0 Å². The summed E-state index contributed by atoms with van der Waals surface area (Å²) in [6, 6.07) is 14.3. The van der Waals surface area contributed by atoms with Crippen LogP contribution in [0.4, 0.5) is 11.4 Å². The van der Waals surface area contributed by atoms with Crippen molar-refractivity contribution in [3.63, 3.8) is 0 Å². The van der Waals surface area contributed by atoms with Crippen molar-refractivity contribution in [2.75, 3.05) is 29.1 Å². The molecule has 1 N–H and O–H groups in total. The van der Waals surface area contributed by atoms with E-state index in [1.807, 2.05) is 38.1 Å². The number of carbonyl (C=O) groups is 1. The van der Waals surface area contributed by atoms with E-state index in [1.165, 1.54) is 10.3 Å². The second-order valence-corrected chi connectivity index (χ2v) is 8.52. The van der Waals surface area contributed by atoms with Gasteiger partial charge in [-0.25, -0.2) is 8.42 Å². The number of ether oxygens (including phenoxy) is 1. The second-order valence-electron chi connectivity index (χ2n) is 6.58. The lowest BCUT2D eigenvalue weighted by atomic mass is 10.2. The molecule has 1 amide bonds. The summed E-state index contributed by atoms with van der Waals surface area (Å²) in [6.45, 7) is 4.47. The standard InChI is InChI=1S/C21H24N2O4S/c1-3-27-19-10-8-17(9-11-19)23(18-12-13-28(25,26)15-18)21(24)14-22-20-7-5-4-6-16(20)2/h4-13,18,22H,3,14-15H2,1-2H3/t18-/m1/s1. The Bertz CT molecular complexity index is 968. The molecule has 7 heteroatoms. The quantitative estimate of drug-likeness (QED) is 0.773. The van der Waals surface area contributed by atoms with Gasteiger partial charge in [0.1, 0.15) is 5.75 Å². The van der Waals surface area contributed by atoms with Gasteiger partial charge in [0.15, 0.2) is 9.84 Å². The summed E-state index contributed by atoms with van der Waals surface area (Å²) >= 11 is 0. The predicted octanol–water partition coefficient (Wildman–Crippen LogP) is 3.15. The van der Waals surface area contributed by atoms with Crippen LogP contribution in [0.3, 0.4) is 0 Å². The minimum absolute atomic E-state index is 0.0580. The zero-order valence-electron chi connectivity index (χ0n) is 16.0. The number of amides is 1. The van der Waals surface area contributed by atoms with E-state index in [1.54, 1.807) is 30.3 Å². The van der Waals surface area contributed by atoms with Crippen molar-refractivity contribution in [3.05, 3.63) is 65.6 Å². The Morgan fingerprint density at radius 2 is 1.89 bits per heavy atom. The number of carbonyl (C=O) groups excluding carboxylic acids is 1. The number of aryl methyl sites for hydroxylation is 1. The Labute approximate surface area is 165 Å². The van der Waals surface area contributed by atoms with E-state index < -0.39 is 15.9 Å². The molecule has 0 saturated heterocycles. The minimum Gasteiger partial charge on any atom is -0.494 e. The van der Waals surface area contributed by atoms with Crippen LogP contribution in [0.15, 0.2) is 60.0 Å². The summed E-state index contributed by atoms with van der Waals surface area (Å²) in [6.07, 6.45) is 1.57. The zero-order valence-corrected chi connectivity index (χ0v) is 16.8. The Morgan fingerprint density at radius 1 is 1.18 bits per heavy atom. The molecule has 148 valence electrons. The third-order valence-corrected chi connectivity index (χ3v) is 5.89. The summed E-state index contributed by atoms with van der Waals surface area (Å²) in [4.78, 5) is 14.6. The molecule has 3 rings (SSSR count). The Hall–Kier alpha value is -2.80. The first kappa shape index (κ1) is 19.9. The molecule has 0 fully saturated rings. The first-order chi connectivity index (χ1) is 13.4. The van der Waals surface area contributed by atoms with Crippen molar-refractivity contribution in [2.24, 2.45) is 0 Å². The number of nitrogens with zero attached hydrogens (tertiary/aromatic N) is 1. The zero-order chi connectivity index (χ0) is 20.1. The second kappa shape index (κ2) is 8.48. The molecule has 0 spiro atoms. The highest BCUT2D eigenvalue weighted by atomic mass is 32.2. The molecule has 0 saturated carbocycles. The Balaban J connectivity index is 1.82. The maximum Gasteiger partial charge on any atom is 0.246 e. The highest BCUT2D eigenvalue weighted by Gasteiger charge is 2.31. The molecule has 1 aliphatic rings. The average Bonchev–Trinajstić information content (AvgIpc) is 3.02. The summed E-state index contributed by atoms with van der Waals surface area (Å²) in [5.41, 5.74) is 2.54. The fourth-order valence-electron chi connectivity index (χ4n) is 3.14. The largest absolute Gasteiger partial charge is 0.494 e. The summed E-state index contributed by atoms with van der Waals surface area (Å²) < 4.78 is 29.3. The fraction of sp³-hybridized carbons (Fsp3) is 0.286. The number of para-hydroxylation sites is 1.